The third-order valence-corrected chi connectivity index (χ3v) is 6.08. The quantitative estimate of drug-likeness (QED) is 0.727. The number of aromatic nitrogens is 4. The SMILES string of the molecule is O=C(NCCn1ccnc1-c1ncccn1)C1(c2cccs2)CCCC1. The number of carbonyl (C=O) groups is 1. The average Bonchev–Trinajstić information content (AvgIpc) is 3.43. The van der Waals surface area contributed by atoms with Crippen molar-refractivity contribution in [1.29, 1.82) is 0 Å². The molecule has 3 aromatic rings. The monoisotopic (exact) mass is 367 g/mol. The lowest BCUT2D eigenvalue weighted by molar-refractivity contribution is -0.126. The number of carbonyl (C=O) groups excluding carboxylic acids is 1. The lowest BCUT2D eigenvalue weighted by atomic mass is 9.83. The van der Waals surface area contributed by atoms with E-state index >= 15 is 0 Å². The molecule has 7 heteroatoms. The van der Waals surface area contributed by atoms with Crippen LogP contribution in [0.1, 0.15) is 30.6 Å². The van der Waals surface area contributed by atoms with Gasteiger partial charge in [-0.25, -0.2) is 15.0 Å². The third-order valence-electron chi connectivity index (χ3n) is 5.00. The van der Waals surface area contributed by atoms with Gasteiger partial charge >= 0.3 is 0 Å². The number of imidazole rings is 1. The van der Waals surface area contributed by atoms with Gasteiger partial charge in [-0.05, 0) is 30.4 Å². The minimum absolute atomic E-state index is 0.148. The van der Waals surface area contributed by atoms with Crippen LogP contribution in [-0.4, -0.2) is 32.0 Å². The van der Waals surface area contributed by atoms with E-state index in [0.29, 0.717) is 24.7 Å². The van der Waals surface area contributed by atoms with E-state index in [2.05, 4.69) is 31.7 Å². The fourth-order valence-electron chi connectivity index (χ4n) is 3.68. The van der Waals surface area contributed by atoms with Gasteiger partial charge in [-0.3, -0.25) is 4.79 Å². The molecule has 1 aliphatic rings. The first-order chi connectivity index (χ1) is 12.8. The fourth-order valence-corrected chi connectivity index (χ4v) is 4.67. The Bertz CT molecular complexity index is 853. The minimum atomic E-state index is -0.339. The van der Waals surface area contributed by atoms with E-state index < -0.39 is 0 Å². The fraction of sp³-hybridized carbons (Fsp3) is 0.368. The maximum absolute atomic E-state index is 13.0. The number of nitrogens with one attached hydrogen (secondary N) is 1. The highest BCUT2D eigenvalue weighted by atomic mass is 32.1. The van der Waals surface area contributed by atoms with Crippen LogP contribution in [0.3, 0.4) is 0 Å². The second kappa shape index (κ2) is 7.37. The molecule has 0 radical (unpaired) electrons. The molecule has 0 bridgehead atoms. The average molecular weight is 367 g/mol. The highest BCUT2D eigenvalue weighted by Crippen LogP contribution is 2.43. The zero-order valence-corrected chi connectivity index (χ0v) is 15.3. The van der Waals surface area contributed by atoms with Gasteiger partial charge < -0.3 is 9.88 Å². The number of nitrogens with zero attached hydrogens (tertiary/aromatic N) is 4. The molecule has 3 aromatic heterocycles. The maximum Gasteiger partial charge on any atom is 0.231 e. The Labute approximate surface area is 156 Å². The molecule has 1 N–H and O–H groups in total. The van der Waals surface area contributed by atoms with Gasteiger partial charge in [0.05, 0.1) is 5.41 Å². The normalized spacial score (nSPS) is 15.8. The van der Waals surface area contributed by atoms with Crippen molar-refractivity contribution in [3.8, 4) is 11.6 Å². The molecule has 6 nitrogen and oxygen atoms in total. The topological polar surface area (TPSA) is 72.7 Å². The highest BCUT2D eigenvalue weighted by molar-refractivity contribution is 7.10. The van der Waals surface area contributed by atoms with Crippen LogP contribution in [0.2, 0.25) is 0 Å². The molecule has 0 atom stereocenters. The summed E-state index contributed by atoms with van der Waals surface area (Å²) in [5.41, 5.74) is -0.339. The summed E-state index contributed by atoms with van der Waals surface area (Å²) in [4.78, 5) is 27.0. The van der Waals surface area contributed by atoms with Gasteiger partial charge in [0, 0.05) is 42.8 Å². The zero-order chi connectivity index (χ0) is 17.8. The van der Waals surface area contributed by atoms with Crippen molar-refractivity contribution in [3.05, 3.63) is 53.2 Å². The lowest BCUT2D eigenvalue weighted by Gasteiger charge is -2.26. The van der Waals surface area contributed by atoms with E-state index in [1.165, 1.54) is 4.88 Å². The maximum atomic E-state index is 13.0. The molecular formula is C19H21N5OS. The number of hydrogen-bond acceptors (Lipinski definition) is 5. The Morgan fingerprint density at radius 2 is 1.96 bits per heavy atom. The summed E-state index contributed by atoms with van der Waals surface area (Å²) in [5, 5.41) is 5.20. The van der Waals surface area contributed by atoms with Crippen molar-refractivity contribution in [1.82, 2.24) is 24.8 Å². The molecule has 26 heavy (non-hydrogen) atoms. The molecule has 0 aliphatic heterocycles. The molecule has 0 aromatic carbocycles. The first-order valence-electron chi connectivity index (χ1n) is 8.90. The number of hydrogen-bond donors (Lipinski definition) is 1. The van der Waals surface area contributed by atoms with Gasteiger partial charge in [0.25, 0.3) is 0 Å². The minimum Gasteiger partial charge on any atom is -0.354 e. The number of rotatable bonds is 6. The van der Waals surface area contributed by atoms with Gasteiger partial charge in [-0.15, -0.1) is 11.3 Å². The molecule has 1 amide bonds. The van der Waals surface area contributed by atoms with Crippen LogP contribution in [0, 0.1) is 0 Å². The molecular weight excluding hydrogens is 346 g/mol. The van der Waals surface area contributed by atoms with Crippen LogP contribution in [0.4, 0.5) is 0 Å². The first kappa shape index (κ1) is 16.9. The van der Waals surface area contributed by atoms with Gasteiger partial charge in [0.15, 0.2) is 11.6 Å². The summed E-state index contributed by atoms with van der Waals surface area (Å²) in [6.07, 6.45) is 11.1. The van der Waals surface area contributed by atoms with Crippen LogP contribution < -0.4 is 5.32 Å². The molecule has 0 saturated heterocycles. The summed E-state index contributed by atoms with van der Waals surface area (Å²) in [6.45, 7) is 1.20. The van der Waals surface area contributed by atoms with Crippen molar-refractivity contribution in [3.63, 3.8) is 0 Å². The molecule has 4 rings (SSSR count). The van der Waals surface area contributed by atoms with Gasteiger partial charge in [0.1, 0.15) is 0 Å². The zero-order valence-electron chi connectivity index (χ0n) is 14.5. The summed E-state index contributed by atoms with van der Waals surface area (Å²) < 4.78 is 1.97. The van der Waals surface area contributed by atoms with Crippen molar-refractivity contribution in [2.45, 2.75) is 37.6 Å². The predicted molar refractivity (Wildman–Crippen MR) is 101 cm³/mol. The van der Waals surface area contributed by atoms with Gasteiger partial charge in [-0.1, -0.05) is 18.9 Å². The van der Waals surface area contributed by atoms with E-state index in [9.17, 15) is 4.79 Å². The van der Waals surface area contributed by atoms with Crippen molar-refractivity contribution in [2.24, 2.45) is 0 Å². The number of thiophene rings is 1. The standard InChI is InChI=1S/C19H21N5OS/c25-18(19(6-1-2-7-19)15-5-3-14-26-15)23-11-13-24-12-10-22-17(24)16-20-8-4-9-21-16/h3-5,8-10,12,14H,1-2,6-7,11,13H2,(H,23,25). The van der Waals surface area contributed by atoms with Crippen molar-refractivity contribution >= 4 is 17.2 Å². The second-order valence-electron chi connectivity index (χ2n) is 6.54. The van der Waals surface area contributed by atoms with Crippen LogP contribution >= 0.6 is 11.3 Å². The summed E-state index contributed by atoms with van der Waals surface area (Å²) in [6, 6.07) is 5.91. The van der Waals surface area contributed by atoms with Crippen LogP contribution in [0.5, 0.6) is 0 Å². The van der Waals surface area contributed by atoms with E-state index in [0.717, 1.165) is 25.7 Å². The Morgan fingerprint density at radius 1 is 1.15 bits per heavy atom. The van der Waals surface area contributed by atoms with Crippen molar-refractivity contribution in [2.75, 3.05) is 6.54 Å². The molecule has 134 valence electrons. The van der Waals surface area contributed by atoms with Crippen LogP contribution in [0.25, 0.3) is 11.6 Å². The lowest BCUT2D eigenvalue weighted by Crippen LogP contribution is -2.43. The molecule has 1 aliphatic carbocycles. The first-order valence-corrected chi connectivity index (χ1v) is 9.78. The summed E-state index contributed by atoms with van der Waals surface area (Å²) >= 11 is 1.69. The third kappa shape index (κ3) is 3.14. The van der Waals surface area contributed by atoms with E-state index in [1.54, 1.807) is 36.0 Å². The van der Waals surface area contributed by atoms with E-state index in [1.807, 2.05) is 16.8 Å². The Kier molecular flexibility index (Phi) is 4.79. The summed E-state index contributed by atoms with van der Waals surface area (Å²) in [7, 11) is 0. The van der Waals surface area contributed by atoms with Crippen LogP contribution in [-0.2, 0) is 16.8 Å². The molecule has 1 fully saturated rings. The van der Waals surface area contributed by atoms with E-state index in [-0.39, 0.29) is 11.3 Å². The second-order valence-corrected chi connectivity index (χ2v) is 7.49. The van der Waals surface area contributed by atoms with Gasteiger partial charge in [-0.2, -0.15) is 0 Å². The summed E-state index contributed by atoms with van der Waals surface area (Å²) in [5.74, 6) is 1.46. The Morgan fingerprint density at radius 3 is 2.69 bits per heavy atom. The van der Waals surface area contributed by atoms with Crippen molar-refractivity contribution < 1.29 is 4.79 Å². The largest absolute Gasteiger partial charge is 0.354 e. The smallest absolute Gasteiger partial charge is 0.231 e. The van der Waals surface area contributed by atoms with E-state index in [4.69, 9.17) is 0 Å². The predicted octanol–water partition coefficient (Wildman–Crippen LogP) is 3.03. The molecule has 0 unspecified atom stereocenters. The Balaban J connectivity index is 1.43. The van der Waals surface area contributed by atoms with Crippen LogP contribution in [0.15, 0.2) is 48.4 Å². The Hall–Kier alpha value is -2.54. The molecule has 1 saturated carbocycles. The highest BCUT2D eigenvalue weighted by Gasteiger charge is 2.43. The van der Waals surface area contributed by atoms with Gasteiger partial charge in [0.2, 0.25) is 5.91 Å². The number of amides is 1. The molecule has 0 spiro atoms. The molecule has 3 heterocycles.